The van der Waals surface area contributed by atoms with Gasteiger partial charge < -0.3 is 25.4 Å². The van der Waals surface area contributed by atoms with E-state index in [-0.39, 0.29) is 12.4 Å². The highest BCUT2D eigenvalue weighted by Gasteiger charge is 2.69. The Morgan fingerprint density at radius 2 is 1.46 bits per heavy atom. The van der Waals surface area contributed by atoms with Crippen molar-refractivity contribution in [2.45, 2.75) is 43.3 Å². The molecule has 4 N–H and O–H groups in total. The molecule has 5 rings (SSSR count). The number of nitrogen functional groups attached to an aromatic ring is 1. The first-order valence-electron chi connectivity index (χ1n) is 13.0. The van der Waals surface area contributed by atoms with E-state index in [4.69, 9.17) is 15.2 Å². The van der Waals surface area contributed by atoms with Crippen molar-refractivity contribution < 1.29 is 19.7 Å². The van der Waals surface area contributed by atoms with Crippen LogP contribution in [0.25, 0.3) is 0 Å². The number of rotatable bonds is 8. The van der Waals surface area contributed by atoms with Crippen LogP contribution in [0.3, 0.4) is 0 Å². The summed E-state index contributed by atoms with van der Waals surface area (Å²) in [5, 5.41) is 22.0. The van der Waals surface area contributed by atoms with Gasteiger partial charge in [-0.3, -0.25) is 4.57 Å². The van der Waals surface area contributed by atoms with Gasteiger partial charge in [0.05, 0.1) is 12.0 Å². The monoisotopic (exact) mass is 527 g/mol. The van der Waals surface area contributed by atoms with Crippen molar-refractivity contribution in [3.63, 3.8) is 0 Å². The summed E-state index contributed by atoms with van der Waals surface area (Å²) in [4.78, 5) is 18.0. The zero-order chi connectivity index (χ0) is 27.6. The predicted octanol–water partition coefficient (Wildman–Crippen LogP) is 2.98. The topological polar surface area (TPSA) is 120 Å². The van der Waals surface area contributed by atoms with Crippen LogP contribution in [0, 0.1) is 6.92 Å². The molecule has 0 radical (unpaired) electrons. The normalized spacial score (nSPS) is 23.1. The summed E-state index contributed by atoms with van der Waals surface area (Å²) in [7, 11) is 0. The van der Waals surface area contributed by atoms with Crippen LogP contribution in [-0.4, -0.2) is 51.3 Å². The van der Waals surface area contributed by atoms with Crippen LogP contribution >= 0.6 is 0 Å². The van der Waals surface area contributed by atoms with E-state index < -0.39 is 41.7 Å². The Morgan fingerprint density at radius 1 is 0.974 bits per heavy atom. The third-order valence-electron chi connectivity index (χ3n) is 7.60. The molecule has 0 unspecified atom stereocenters. The number of nitrogens with two attached hydrogens (primary N) is 1. The SMILES string of the molecule is CCO[C@@H]1[C@H](O)[C@@H](CO)O[C@]1(n1cc(C)c(N)nc1=O)C(c1ccccc1)(c1ccccc1)c1ccccc1. The number of aliphatic hydroxyl groups excluding tert-OH is 2. The molecule has 0 spiro atoms. The molecular weight excluding hydrogens is 494 g/mol. The number of anilines is 1. The lowest BCUT2D eigenvalue weighted by Crippen LogP contribution is -2.64. The molecule has 1 fully saturated rings. The molecule has 39 heavy (non-hydrogen) atoms. The van der Waals surface area contributed by atoms with Crippen LogP contribution < -0.4 is 11.4 Å². The molecule has 0 aliphatic carbocycles. The van der Waals surface area contributed by atoms with Gasteiger partial charge in [-0.2, -0.15) is 4.98 Å². The van der Waals surface area contributed by atoms with E-state index in [1.54, 1.807) is 13.1 Å². The summed E-state index contributed by atoms with van der Waals surface area (Å²) in [6.07, 6.45) is -1.81. The minimum atomic E-state index is -1.75. The Kier molecular flexibility index (Phi) is 7.38. The summed E-state index contributed by atoms with van der Waals surface area (Å²) in [5.41, 5.74) is 5.31. The molecule has 1 aliphatic heterocycles. The highest BCUT2D eigenvalue weighted by molar-refractivity contribution is 5.55. The van der Waals surface area contributed by atoms with Gasteiger partial charge in [0.1, 0.15) is 24.1 Å². The van der Waals surface area contributed by atoms with Crippen molar-refractivity contribution >= 4 is 5.82 Å². The zero-order valence-corrected chi connectivity index (χ0v) is 22.0. The lowest BCUT2D eigenvalue weighted by atomic mass is 9.60. The maximum Gasteiger partial charge on any atom is 0.351 e. The molecule has 3 aromatic carbocycles. The number of hydrogen-bond acceptors (Lipinski definition) is 7. The second kappa shape index (κ2) is 10.7. The number of benzene rings is 3. The van der Waals surface area contributed by atoms with Crippen molar-refractivity contribution in [1.82, 2.24) is 9.55 Å². The van der Waals surface area contributed by atoms with Crippen LogP contribution in [0.5, 0.6) is 0 Å². The molecule has 1 aliphatic rings. The molecule has 0 amide bonds. The van der Waals surface area contributed by atoms with Gasteiger partial charge in [0.2, 0.25) is 0 Å². The Bertz CT molecular complexity index is 1370. The summed E-state index contributed by atoms with van der Waals surface area (Å²) in [6.45, 7) is 3.30. The van der Waals surface area contributed by atoms with E-state index in [1.165, 1.54) is 4.57 Å². The summed E-state index contributed by atoms with van der Waals surface area (Å²) in [6, 6.07) is 29.1. The van der Waals surface area contributed by atoms with E-state index in [0.717, 1.165) is 16.7 Å². The molecule has 8 nitrogen and oxygen atoms in total. The van der Waals surface area contributed by atoms with E-state index in [9.17, 15) is 15.0 Å². The van der Waals surface area contributed by atoms with E-state index in [0.29, 0.717) is 5.56 Å². The minimum absolute atomic E-state index is 0.0985. The molecule has 4 aromatic rings. The Balaban J connectivity index is 2.06. The molecule has 8 heteroatoms. The summed E-state index contributed by atoms with van der Waals surface area (Å²) in [5.74, 6) is 0.0985. The molecule has 0 saturated carbocycles. The molecule has 1 saturated heterocycles. The number of aromatic nitrogens is 2. The average Bonchev–Trinajstić information content (AvgIpc) is 3.25. The Morgan fingerprint density at radius 3 is 1.90 bits per heavy atom. The third-order valence-corrected chi connectivity index (χ3v) is 7.60. The Hall–Kier alpha value is -3.82. The first-order valence-corrected chi connectivity index (χ1v) is 13.0. The fourth-order valence-corrected chi connectivity index (χ4v) is 5.99. The maximum atomic E-state index is 13.9. The first kappa shape index (κ1) is 26.8. The number of hydrogen-bond donors (Lipinski definition) is 3. The first-order chi connectivity index (χ1) is 18.9. The standard InChI is InChI=1S/C31H33N3O5/c1-3-38-27-26(36)25(20-35)39-31(27,34-19-21(2)28(32)33-29(34)37)30(22-13-7-4-8-14-22,23-15-9-5-10-16-23)24-17-11-6-12-18-24/h4-19,25-27,35-36H,3,20H2,1-2H3,(H2,32,33,37)/t25-,26-,27-,31+/m1/s1. The molecular formula is C31H33N3O5. The van der Waals surface area contributed by atoms with Gasteiger partial charge in [0.25, 0.3) is 0 Å². The fourth-order valence-electron chi connectivity index (χ4n) is 5.99. The van der Waals surface area contributed by atoms with Crippen LogP contribution in [0.1, 0.15) is 29.2 Å². The zero-order valence-electron chi connectivity index (χ0n) is 22.0. The van der Waals surface area contributed by atoms with Crippen LogP contribution in [-0.2, 0) is 20.6 Å². The van der Waals surface area contributed by atoms with Gasteiger partial charge in [-0.05, 0) is 30.5 Å². The van der Waals surface area contributed by atoms with Crippen molar-refractivity contribution in [2.24, 2.45) is 0 Å². The fraction of sp³-hybridized carbons (Fsp3) is 0.290. The second-order valence-corrected chi connectivity index (χ2v) is 9.71. The Labute approximate surface area is 227 Å². The third kappa shape index (κ3) is 4.08. The minimum Gasteiger partial charge on any atom is -0.394 e. The highest BCUT2D eigenvalue weighted by atomic mass is 16.6. The van der Waals surface area contributed by atoms with E-state index in [2.05, 4.69) is 4.98 Å². The van der Waals surface area contributed by atoms with Gasteiger partial charge in [0.15, 0.2) is 5.72 Å². The van der Waals surface area contributed by atoms with Gasteiger partial charge in [-0.25, -0.2) is 4.79 Å². The number of nitrogens with zero attached hydrogens (tertiary/aromatic N) is 2. The van der Waals surface area contributed by atoms with Gasteiger partial charge >= 0.3 is 5.69 Å². The lowest BCUT2D eigenvalue weighted by molar-refractivity contribution is -0.192. The van der Waals surface area contributed by atoms with Gasteiger partial charge in [0, 0.05) is 18.4 Å². The molecule has 4 atom stereocenters. The van der Waals surface area contributed by atoms with Crippen molar-refractivity contribution in [3.05, 3.63) is 130 Å². The maximum absolute atomic E-state index is 13.9. The average molecular weight is 528 g/mol. The van der Waals surface area contributed by atoms with Gasteiger partial charge in [-0.15, -0.1) is 0 Å². The number of aryl methyl sites for hydroxylation is 1. The second-order valence-electron chi connectivity index (χ2n) is 9.71. The van der Waals surface area contributed by atoms with Crippen molar-refractivity contribution in [2.75, 3.05) is 18.9 Å². The lowest BCUT2D eigenvalue weighted by Gasteiger charge is -2.52. The van der Waals surface area contributed by atoms with Gasteiger partial charge in [-0.1, -0.05) is 91.0 Å². The molecule has 202 valence electrons. The molecule has 2 heterocycles. The van der Waals surface area contributed by atoms with Crippen LogP contribution in [0.15, 0.2) is 102 Å². The van der Waals surface area contributed by atoms with E-state index >= 15 is 0 Å². The summed E-state index contributed by atoms with van der Waals surface area (Å²) < 4.78 is 14.5. The smallest absolute Gasteiger partial charge is 0.351 e. The van der Waals surface area contributed by atoms with Crippen LogP contribution in [0.4, 0.5) is 5.82 Å². The quantitative estimate of drug-likeness (QED) is 0.301. The van der Waals surface area contributed by atoms with Crippen LogP contribution in [0.2, 0.25) is 0 Å². The summed E-state index contributed by atoms with van der Waals surface area (Å²) >= 11 is 0. The highest BCUT2D eigenvalue weighted by Crippen LogP contribution is 2.57. The largest absolute Gasteiger partial charge is 0.394 e. The molecule has 1 aromatic heterocycles. The molecule has 0 bridgehead atoms. The number of ether oxygens (including phenoxy) is 2. The van der Waals surface area contributed by atoms with E-state index in [1.807, 2.05) is 97.9 Å². The van der Waals surface area contributed by atoms with Crippen molar-refractivity contribution in [3.8, 4) is 0 Å². The van der Waals surface area contributed by atoms with Crippen molar-refractivity contribution in [1.29, 1.82) is 0 Å². The number of aliphatic hydroxyl groups is 2. The predicted molar refractivity (Wildman–Crippen MR) is 148 cm³/mol.